The summed E-state index contributed by atoms with van der Waals surface area (Å²) in [4.78, 5) is 37.7. The van der Waals surface area contributed by atoms with Gasteiger partial charge in [0, 0.05) is 32.6 Å². The maximum absolute atomic E-state index is 11.8. The molecule has 2 saturated heterocycles. The van der Waals surface area contributed by atoms with Gasteiger partial charge >= 0.3 is 12.0 Å². The average Bonchev–Trinajstić information content (AvgIpc) is 2.95. The van der Waals surface area contributed by atoms with Crippen LogP contribution in [0.25, 0.3) is 0 Å². The molecule has 0 aliphatic carbocycles. The van der Waals surface area contributed by atoms with Crippen LogP contribution in [0, 0.1) is 5.92 Å². The van der Waals surface area contributed by atoms with Crippen LogP contribution in [0.1, 0.15) is 19.8 Å². The molecule has 19 heavy (non-hydrogen) atoms. The Hall–Kier alpha value is -1.79. The first-order valence-electron chi connectivity index (χ1n) is 6.58. The first-order valence-corrected chi connectivity index (χ1v) is 6.58. The molecular weight excluding hydrogens is 250 g/mol. The molecule has 106 valence electrons. The van der Waals surface area contributed by atoms with Crippen LogP contribution in [-0.4, -0.2) is 65.0 Å². The van der Waals surface area contributed by atoms with Crippen molar-refractivity contribution in [2.24, 2.45) is 5.92 Å². The molecule has 3 amide bonds. The zero-order valence-electron chi connectivity index (χ0n) is 11.0. The van der Waals surface area contributed by atoms with E-state index in [9.17, 15) is 14.4 Å². The van der Waals surface area contributed by atoms with Crippen molar-refractivity contribution >= 4 is 17.9 Å². The highest BCUT2D eigenvalue weighted by Gasteiger charge is 2.40. The Kier molecular flexibility index (Phi) is 3.92. The number of nitrogens with one attached hydrogen (secondary N) is 1. The Labute approximate surface area is 111 Å². The molecule has 2 N–H and O–H groups in total. The summed E-state index contributed by atoms with van der Waals surface area (Å²) in [7, 11) is 0. The number of carboxylic acids is 1. The van der Waals surface area contributed by atoms with Gasteiger partial charge in [-0.3, -0.25) is 9.59 Å². The van der Waals surface area contributed by atoms with Gasteiger partial charge in [0.05, 0.1) is 12.0 Å². The summed E-state index contributed by atoms with van der Waals surface area (Å²) in [5.41, 5.74) is 0. The van der Waals surface area contributed by atoms with Crippen LogP contribution in [0.15, 0.2) is 0 Å². The molecule has 2 aliphatic heterocycles. The normalized spacial score (nSPS) is 26.9. The highest BCUT2D eigenvalue weighted by Crippen LogP contribution is 2.25. The molecule has 2 heterocycles. The van der Waals surface area contributed by atoms with Crippen LogP contribution in [0.3, 0.4) is 0 Å². The van der Waals surface area contributed by atoms with E-state index in [-0.39, 0.29) is 30.9 Å². The fourth-order valence-electron chi connectivity index (χ4n) is 2.69. The van der Waals surface area contributed by atoms with Crippen LogP contribution < -0.4 is 5.32 Å². The molecule has 0 aromatic rings. The second kappa shape index (κ2) is 5.46. The average molecular weight is 269 g/mol. The van der Waals surface area contributed by atoms with Crippen LogP contribution in [0.4, 0.5) is 4.79 Å². The molecule has 2 unspecified atom stereocenters. The highest BCUT2D eigenvalue weighted by molar-refractivity contribution is 5.86. The largest absolute Gasteiger partial charge is 0.481 e. The molecule has 2 rings (SSSR count). The number of amides is 3. The standard InChI is InChI=1S/C12H19N3O4/c1-2-13-12(19)14-4-3-9(7-14)15-6-8(11(17)18)5-10(15)16/h8-9H,2-7H2,1H3,(H,13,19)(H,17,18). The summed E-state index contributed by atoms with van der Waals surface area (Å²) in [6.45, 7) is 3.79. The lowest BCUT2D eigenvalue weighted by molar-refractivity contribution is -0.141. The molecule has 0 spiro atoms. The van der Waals surface area contributed by atoms with Crippen molar-refractivity contribution in [3.63, 3.8) is 0 Å². The third-order valence-electron chi connectivity index (χ3n) is 3.73. The zero-order valence-corrected chi connectivity index (χ0v) is 11.0. The van der Waals surface area contributed by atoms with E-state index >= 15 is 0 Å². The molecular formula is C12H19N3O4. The number of carbonyl (C=O) groups excluding carboxylic acids is 2. The van der Waals surface area contributed by atoms with Gasteiger partial charge in [-0.25, -0.2) is 4.79 Å². The van der Waals surface area contributed by atoms with Crippen molar-refractivity contribution in [2.45, 2.75) is 25.8 Å². The third-order valence-corrected chi connectivity index (χ3v) is 3.73. The summed E-state index contributed by atoms with van der Waals surface area (Å²) >= 11 is 0. The van der Waals surface area contributed by atoms with Crippen molar-refractivity contribution in [1.29, 1.82) is 0 Å². The van der Waals surface area contributed by atoms with E-state index in [2.05, 4.69) is 5.32 Å². The Morgan fingerprint density at radius 3 is 2.74 bits per heavy atom. The number of hydrogen-bond acceptors (Lipinski definition) is 3. The Morgan fingerprint density at radius 1 is 1.42 bits per heavy atom. The summed E-state index contributed by atoms with van der Waals surface area (Å²) < 4.78 is 0. The number of nitrogens with zero attached hydrogens (tertiary/aromatic N) is 2. The van der Waals surface area contributed by atoms with Gasteiger partial charge < -0.3 is 20.2 Å². The molecule has 0 saturated carbocycles. The molecule has 0 aromatic heterocycles. The second-order valence-corrected chi connectivity index (χ2v) is 5.01. The molecule has 2 atom stereocenters. The van der Waals surface area contributed by atoms with Crippen LogP contribution >= 0.6 is 0 Å². The van der Waals surface area contributed by atoms with E-state index in [1.54, 1.807) is 9.80 Å². The second-order valence-electron chi connectivity index (χ2n) is 5.01. The minimum Gasteiger partial charge on any atom is -0.481 e. The number of carbonyl (C=O) groups is 3. The number of urea groups is 1. The molecule has 0 bridgehead atoms. The lowest BCUT2D eigenvalue weighted by atomic mass is 10.1. The van der Waals surface area contributed by atoms with Crippen LogP contribution in [0.2, 0.25) is 0 Å². The first kappa shape index (κ1) is 13.6. The summed E-state index contributed by atoms with van der Waals surface area (Å²) in [6, 6.07) is -0.161. The predicted molar refractivity (Wildman–Crippen MR) is 66.5 cm³/mol. The van der Waals surface area contributed by atoms with Gasteiger partial charge in [-0.05, 0) is 13.3 Å². The number of carboxylic acid groups (broad SMARTS) is 1. The van der Waals surface area contributed by atoms with E-state index in [1.165, 1.54) is 0 Å². The fraction of sp³-hybridized carbons (Fsp3) is 0.750. The molecule has 2 aliphatic rings. The maximum atomic E-state index is 11.8. The minimum atomic E-state index is -0.922. The molecule has 7 nitrogen and oxygen atoms in total. The topological polar surface area (TPSA) is 90.0 Å². The highest BCUT2D eigenvalue weighted by atomic mass is 16.4. The Morgan fingerprint density at radius 2 is 2.16 bits per heavy atom. The van der Waals surface area contributed by atoms with Crippen molar-refractivity contribution in [3.05, 3.63) is 0 Å². The third kappa shape index (κ3) is 2.80. The number of likely N-dealkylation sites (tertiary alicyclic amines) is 2. The van der Waals surface area contributed by atoms with Gasteiger partial charge in [-0.1, -0.05) is 0 Å². The maximum Gasteiger partial charge on any atom is 0.317 e. The first-order chi connectivity index (χ1) is 9.02. The number of aliphatic carboxylic acids is 1. The van der Waals surface area contributed by atoms with Gasteiger partial charge in [0.25, 0.3) is 0 Å². The quantitative estimate of drug-likeness (QED) is 0.737. The van der Waals surface area contributed by atoms with E-state index in [0.29, 0.717) is 19.6 Å². The molecule has 7 heteroatoms. The lowest BCUT2D eigenvalue weighted by Gasteiger charge is -2.24. The SMILES string of the molecule is CCNC(=O)N1CCC(N2CC(C(=O)O)CC2=O)C1. The van der Waals surface area contributed by atoms with E-state index in [4.69, 9.17) is 5.11 Å². The van der Waals surface area contributed by atoms with Gasteiger partial charge in [0.15, 0.2) is 0 Å². The number of hydrogen-bond donors (Lipinski definition) is 2. The Bertz CT molecular complexity index is 398. The van der Waals surface area contributed by atoms with Crippen molar-refractivity contribution in [2.75, 3.05) is 26.2 Å². The zero-order chi connectivity index (χ0) is 14.0. The van der Waals surface area contributed by atoms with Crippen LogP contribution in [-0.2, 0) is 9.59 Å². The summed E-state index contributed by atoms with van der Waals surface area (Å²) in [5, 5.41) is 11.7. The van der Waals surface area contributed by atoms with E-state index in [1.807, 2.05) is 6.92 Å². The summed E-state index contributed by atoms with van der Waals surface area (Å²) in [6.07, 6.45) is 0.794. The molecule has 0 aromatic carbocycles. The van der Waals surface area contributed by atoms with Crippen LogP contribution in [0.5, 0.6) is 0 Å². The summed E-state index contributed by atoms with van der Waals surface area (Å²) in [5.74, 6) is -1.64. The van der Waals surface area contributed by atoms with Gasteiger partial charge in [0.1, 0.15) is 0 Å². The predicted octanol–water partition coefficient (Wildman–Crippen LogP) is -0.277. The van der Waals surface area contributed by atoms with Gasteiger partial charge in [-0.2, -0.15) is 0 Å². The fourth-order valence-corrected chi connectivity index (χ4v) is 2.69. The minimum absolute atomic E-state index is 0.0422. The van der Waals surface area contributed by atoms with Gasteiger partial charge in [0.2, 0.25) is 5.91 Å². The number of rotatable bonds is 3. The Balaban J connectivity index is 1.92. The van der Waals surface area contributed by atoms with E-state index < -0.39 is 11.9 Å². The lowest BCUT2D eigenvalue weighted by Crippen LogP contribution is -2.42. The smallest absolute Gasteiger partial charge is 0.317 e. The molecule has 2 fully saturated rings. The monoisotopic (exact) mass is 269 g/mol. The van der Waals surface area contributed by atoms with Crippen molar-refractivity contribution in [1.82, 2.24) is 15.1 Å². The van der Waals surface area contributed by atoms with Crippen molar-refractivity contribution < 1.29 is 19.5 Å². The van der Waals surface area contributed by atoms with Crippen molar-refractivity contribution in [3.8, 4) is 0 Å². The molecule has 0 radical (unpaired) electrons. The van der Waals surface area contributed by atoms with E-state index in [0.717, 1.165) is 6.42 Å². The van der Waals surface area contributed by atoms with Gasteiger partial charge in [-0.15, -0.1) is 0 Å².